The number of hydrogen-bond acceptors (Lipinski definition) is 6. The van der Waals surface area contributed by atoms with Crippen LogP contribution in [0.1, 0.15) is 48.5 Å². The molecule has 6 nitrogen and oxygen atoms in total. The van der Waals surface area contributed by atoms with E-state index < -0.39 is 0 Å². The molecule has 0 amide bonds. The van der Waals surface area contributed by atoms with Gasteiger partial charge in [0.05, 0.1) is 18.3 Å². The second-order valence-corrected chi connectivity index (χ2v) is 6.84. The summed E-state index contributed by atoms with van der Waals surface area (Å²) in [5.41, 5.74) is 3.06. The van der Waals surface area contributed by atoms with Crippen LogP contribution in [-0.4, -0.2) is 31.6 Å². The number of aromatic nitrogens is 4. The van der Waals surface area contributed by atoms with Gasteiger partial charge in [-0.2, -0.15) is 4.98 Å². The van der Waals surface area contributed by atoms with Crippen LogP contribution in [0.25, 0.3) is 11.3 Å². The Kier molecular flexibility index (Phi) is 4.75. The Morgan fingerprint density at radius 2 is 1.92 bits per heavy atom. The molecule has 1 unspecified atom stereocenters. The molecule has 4 rings (SSSR count). The number of aryl methyl sites for hydroxylation is 2. The van der Waals surface area contributed by atoms with Gasteiger partial charge in [-0.05, 0) is 39.3 Å². The van der Waals surface area contributed by atoms with E-state index in [4.69, 9.17) is 9.51 Å². The fraction of sp³-hybridized carbons (Fsp3) is 0.400. The molecule has 1 saturated heterocycles. The monoisotopic (exact) mass is 349 g/mol. The number of likely N-dealkylation sites (tertiary alicyclic amines) is 1. The SMILES string of the molecule is Cc1cc(-c2ccccc2)nc(CN2CCCCC2c2nc(C)no2)n1. The standard InChI is InChI=1S/C20H23N5O/c1-14-12-17(16-8-4-3-5-9-16)23-19(21-14)13-25-11-7-6-10-18(25)20-22-15(2)24-26-20/h3-5,8-9,12,18H,6-7,10-11,13H2,1-2H3. The fourth-order valence-electron chi connectivity index (χ4n) is 3.55. The smallest absolute Gasteiger partial charge is 0.243 e. The first kappa shape index (κ1) is 16.8. The molecular weight excluding hydrogens is 326 g/mol. The first-order chi connectivity index (χ1) is 12.7. The van der Waals surface area contributed by atoms with E-state index in [1.54, 1.807) is 0 Å². The van der Waals surface area contributed by atoms with Crippen LogP contribution in [0.4, 0.5) is 0 Å². The number of hydrogen-bond donors (Lipinski definition) is 0. The Hall–Kier alpha value is -2.60. The maximum absolute atomic E-state index is 5.44. The van der Waals surface area contributed by atoms with Crippen molar-refractivity contribution in [2.75, 3.05) is 6.54 Å². The van der Waals surface area contributed by atoms with Crippen LogP contribution in [0.15, 0.2) is 40.9 Å². The molecule has 26 heavy (non-hydrogen) atoms. The second-order valence-electron chi connectivity index (χ2n) is 6.84. The van der Waals surface area contributed by atoms with Crippen LogP contribution in [0.3, 0.4) is 0 Å². The van der Waals surface area contributed by atoms with E-state index in [9.17, 15) is 0 Å². The van der Waals surface area contributed by atoms with Crippen LogP contribution in [0, 0.1) is 13.8 Å². The number of nitrogens with zero attached hydrogens (tertiary/aromatic N) is 5. The van der Waals surface area contributed by atoms with Crippen molar-refractivity contribution in [2.45, 2.75) is 45.7 Å². The highest BCUT2D eigenvalue weighted by molar-refractivity contribution is 5.58. The summed E-state index contributed by atoms with van der Waals surface area (Å²) in [5, 5.41) is 3.96. The maximum Gasteiger partial charge on any atom is 0.243 e. The average Bonchev–Trinajstić information content (AvgIpc) is 3.09. The minimum atomic E-state index is 0.147. The van der Waals surface area contributed by atoms with Gasteiger partial charge in [0, 0.05) is 11.3 Å². The summed E-state index contributed by atoms with van der Waals surface area (Å²) in [7, 11) is 0. The van der Waals surface area contributed by atoms with Gasteiger partial charge in [-0.15, -0.1) is 0 Å². The lowest BCUT2D eigenvalue weighted by Crippen LogP contribution is -2.33. The lowest BCUT2D eigenvalue weighted by atomic mass is 10.0. The highest BCUT2D eigenvalue weighted by atomic mass is 16.5. The summed E-state index contributed by atoms with van der Waals surface area (Å²) >= 11 is 0. The molecule has 1 aliphatic rings. The largest absolute Gasteiger partial charge is 0.338 e. The molecule has 134 valence electrons. The molecule has 0 bridgehead atoms. The molecule has 0 radical (unpaired) electrons. The van der Waals surface area contributed by atoms with Gasteiger partial charge in [0.15, 0.2) is 5.82 Å². The molecule has 1 fully saturated rings. The van der Waals surface area contributed by atoms with Crippen molar-refractivity contribution in [3.63, 3.8) is 0 Å². The van der Waals surface area contributed by atoms with Gasteiger partial charge in [0.25, 0.3) is 0 Å². The van der Waals surface area contributed by atoms with Crippen LogP contribution < -0.4 is 0 Å². The summed E-state index contributed by atoms with van der Waals surface area (Å²) in [5.74, 6) is 2.23. The van der Waals surface area contributed by atoms with Gasteiger partial charge in [-0.1, -0.05) is 41.9 Å². The molecule has 0 spiro atoms. The molecule has 1 aliphatic heterocycles. The molecule has 3 heterocycles. The van der Waals surface area contributed by atoms with E-state index in [0.29, 0.717) is 18.3 Å². The molecular formula is C20H23N5O. The zero-order chi connectivity index (χ0) is 17.9. The first-order valence-corrected chi connectivity index (χ1v) is 9.13. The lowest BCUT2D eigenvalue weighted by Gasteiger charge is -2.32. The summed E-state index contributed by atoms with van der Waals surface area (Å²) in [4.78, 5) is 16.3. The van der Waals surface area contributed by atoms with Gasteiger partial charge in [0.1, 0.15) is 5.82 Å². The van der Waals surface area contributed by atoms with E-state index in [1.165, 1.54) is 12.8 Å². The highest BCUT2D eigenvalue weighted by Crippen LogP contribution is 2.31. The minimum absolute atomic E-state index is 0.147. The van der Waals surface area contributed by atoms with Crippen LogP contribution in [-0.2, 0) is 6.54 Å². The van der Waals surface area contributed by atoms with Crippen molar-refractivity contribution in [1.82, 2.24) is 25.0 Å². The Labute approximate surface area is 153 Å². The third kappa shape index (κ3) is 3.65. The first-order valence-electron chi connectivity index (χ1n) is 9.13. The minimum Gasteiger partial charge on any atom is -0.338 e. The Morgan fingerprint density at radius 1 is 1.08 bits per heavy atom. The lowest BCUT2D eigenvalue weighted by molar-refractivity contribution is 0.108. The predicted molar refractivity (Wildman–Crippen MR) is 98.2 cm³/mol. The molecule has 6 heteroatoms. The normalized spacial score (nSPS) is 18.2. The Bertz CT molecular complexity index is 877. The van der Waals surface area contributed by atoms with Crippen molar-refractivity contribution in [1.29, 1.82) is 0 Å². The van der Waals surface area contributed by atoms with Crippen molar-refractivity contribution >= 4 is 0 Å². The molecule has 0 aliphatic carbocycles. The van der Waals surface area contributed by atoms with E-state index in [1.807, 2.05) is 38.1 Å². The van der Waals surface area contributed by atoms with E-state index in [0.717, 1.165) is 35.7 Å². The number of benzene rings is 1. The van der Waals surface area contributed by atoms with Crippen molar-refractivity contribution in [3.8, 4) is 11.3 Å². The third-order valence-electron chi connectivity index (χ3n) is 4.76. The van der Waals surface area contributed by atoms with Crippen LogP contribution in [0.2, 0.25) is 0 Å². The molecule has 2 aromatic heterocycles. The van der Waals surface area contributed by atoms with Gasteiger partial charge in [-0.25, -0.2) is 9.97 Å². The number of piperidine rings is 1. The van der Waals surface area contributed by atoms with E-state index >= 15 is 0 Å². The maximum atomic E-state index is 5.44. The predicted octanol–water partition coefficient (Wildman–Crippen LogP) is 3.87. The highest BCUT2D eigenvalue weighted by Gasteiger charge is 2.29. The van der Waals surface area contributed by atoms with Crippen molar-refractivity contribution < 1.29 is 4.52 Å². The molecule has 0 saturated carbocycles. The zero-order valence-corrected chi connectivity index (χ0v) is 15.2. The van der Waals surface area contributed by atoms with E-state index in [-0.39, 0.29) is 6.04 Å². The Morgan fingerprint density at radius 3 is 2.69 bits per heavy atom. The summed E-state index contributed by atoms with van der Waals surface area (Å²) < 4.78 is 5.44. The summed E-state index contributed by atoms with van der Waals surface area (Å²) in [6.07, 6.45) is 3.37. The van der Waals surface area contributed by atoms with Gasteiger partial charge < -0.3 is 4.52 Å². The van der Waals surface area contributed by atoms with Crippen molar-refractivity contribution in [2.24, 2.45) is 0 Å². The van der Waals surface area contributed by atoms with Crippen LogP contribution in [0.5, 0.6) is 0 Å². The molecule has 3 aromatic rings. The Balaban J connectivity index is 1.60. The zero-order valence-electron chi connectivity index (χ0n) is 15.2. The van der Waals surface area contributed by atoms with Gasteiger partial charge in [-0.3, -0.25) is 4.90 Å². The van der Waals surface area contributed by atoms with E-state index in [2.05, 4.69) is 32.2 Å². The summed E-state index contributed by atoms with van der Waals surface area (Å²) in [6, 6.07) is 12.4. The van der Waals surface area contributed by atoms with Crippen molar-refractivity contribution in [3.05, 3.63) is 59.6 Å². The van der Waals surface area contributed by atoms with Gasteiger partial charge >= 0.3 is 0 Å². The molecule has 0 N–H and O–H groups in total. The average molecular weight is 349 g/mol. The quantitative estimate of drug-likeness (QED) is 0.712. The molecule has 1 atom stereocenters. The summed E-state index contributed by atoms with van der Waals surface area (Å²) in [6.45, 7) is 5.56. The topological polar surface area (TPSA) is 67.9 Å². The number of rotatable bonds is 4. The second kappa shape index (κ2) is 7.33. The third-order valence-corrected chi connectivity index (χ3v) is 4.76. The molecule has 1 aromatic carbocycles. The van der Waals surface area contributed by atoms with Gasteiger partial charge in [0.2, 0.25) is 5.89 Å². The van der Waals surface area contributed by atoms with Crippen LogP contribution >= 0.6 is 0 Å². The fourth-order valence-corrected chi connectivity index (χ4v) is 3.55.